The Morgan fingerprint density at radius 3 is 2.56 bits per heavy atom. The van der Waals surface area contributed by atoms with Gasteiger partial charge in [0.25, 0.3) is 0 Å². The number of carbonyl (C=O) groups excluding carboxylic acids is 1. The van der Waals surface area contributed by atoms with Crippen LogP contribution >= 0.6 is 0 Å². The molecule has 4 rings (SSSR count). The minimum atomic E-state index is -0.325. The van der Waals surface area contributed by atoms with Crippen LogP contribution in [0, 0.1) is 0 Å². The largest absolute Gasteiger partial charge is 0.489 e. The summed E-state index contributed by atoms with van der Waals surface area (Å²) in [5, 5.41) is 0. The van der Waals surface area contributed by atoms with Crippen molar-refractivity contribution in [3.05, 3.63) is 89.6 Å². The van der Waals surface area contributed by atoms with Crippen molar-refractivity contribution in [2.45, 2.75) is 45.6 Å². The number of likely N-dealkylation sites (tertiary alicyclic amines) is 1. The molecule has 0 amide bonds. The summed E-state index contributed by atoms with van der Waals surface area (Å²) in [5.41, 5.74) is 2.94. The van der Waals surface area contributed by atoms with Crippen molar-refractivity contribution in [3.8, 4) is 5.75 Å². The summed E-state index contributed by atoms with van der Waals surface area (Å²) in [4.78, 5) is 21.6. The molecule has 0 spiro atoms. The number of aromatic nitrogens is 1. The Morgan fingerprint density at radius 2 is 1.82 bits per heavy atom. The van der Waals surface area contributed by atoms with E-state index in [1.807, 2.05) is 51.2 Å². The highest BCUT2D eigenvalue weighted by Crippen LogP contribution is 2.25. The van der Waals surface area contributed by atoms with Crippen LogP contribution in [0.15, 0.2) is 72.9 Å². The summed E-state index contributed by atoms with van der Waals surface area (Å²) in [7, 11) is 2.02. The lowest BCUT2D eigenvalue weighted by Crippen LogP contribution is -2.36. The summed E-state index contributed by atoms with van der Waals surface area (Å²) in [5.74, 6) is 1.23. The first-order chi connectivity index (χ1) is 16.5. The van der Waals surface area contributed by atoms with Crippen LogP contribution in [-0.2, 0) is 17.9 Å². The van der Waals surface area contributed by atoms with Crippen molar-refractivity contribution >= 4 is 11.8 Å². The van der Waals surface area contributed by atoms with E-state index in [-0.39, 0.29) is 18.1 Å². The quantitative estimate of drug-likeness (QED) is 0.423. The van der Waals surface area contributed by atoms with Gasteiger partial charge in [-0.2, -0.15) is 0 Å². The van der Waals surface area contributed by atoms with Crippen LogP contribution in [0.2, 0.25) is 0 Å². The number of nitrogens with zero attached hydrogens (tertiary/aromatic N) is 3. The molecule has 0 radical (unpaired) electrons. The molecule has 0 aliphatic carbocycles. The molecule has 1 aromatic heterocycles. The number of pyridine rings is 1. The van der Waals surface area contributed by atoms with Gasteiger partial charge in [0, 0.05) is 38.9 Å². The van der Waals surface area contributed by atoms with E-state index in [9.17, 15) is 4.79 Å². The van der Waals surface area contributed by atoms with Crippen LogP contribution in [0.3, 0.4) is 0 Å². The van der Waals surface area contributed by atoms with Crippen molar-refractivity contribution in [1.82, 2.24) is 9.88 Å². The number of carbonyl (C=O) groups is 1. The van der Waals surface area contributed by atoms with Gasteiger partial charge in [-0.3, -0.25) is 4.90 Å². The first-order valence-corrected chi connectivity index (χ1v) is 11.9. The fourth-order valence-electron chi connectivity index (χ4n) is 4.25. The van der Waals surface area contributed by atoms with Crippen LogP contribution in [0.4, 0.5) is 5.82 Å². The van der Waals surface area contributed by atoms with Gasteiger partial charge in [-0.15, -0.1) is 0 Å². The van der Waals surface area contributed by atoms with Gasteiger partial charge in [0.1, 0.15) is 23.7 Å². The van der Waals surface area contributed by atoms with E-state index in [1.165, 1.54) is 5.56 Å². The second-order valence-electron chi connectivity index (χ2n) is 9.04. The lowest BCUT2D eigenvalue weighted by Gasteiger charge is -2.27. The van der Waals surface area contributed by atoms with E-state index in [0.717, 1.165) is 37.4 Å². The van der Waals surface area contributed by atoms with Crippen LogP contribution in [-0.4, -0.2) is 48.1 Å². The molecule has 2 aromatic carbocycles. The standard InChI is InChI=1S/C28H33N3O3/c1-21(2)34-28(32)26-10-7-16-29-27(26)30(3)24-15-17-31(19-24)18-22-11-13-25(14-12-22)33-20-23-8-5-4-6-9-23/h4-14,16,21,24H,15,17-20H2,1-3H3/t24-/m0/s1. The third kappa shape index (κ3) is 6.14. The fraction of sp³-hybridized carbons (Fsp3) is 0.357. The van der Waals surface area contributed by atoms with Crippen molar-refractivity contribution in [2.24, 2.45) is 0 Å². The number of esters is 1. The van der Waals surface area contributed by atoms with Gasteiger partial charge in [0.2, 0.25) is 0 Å². The van der Waals surface area contributed by atoms with E-state index in [0.29, 0.717) is 18.0 Å². The van der Waals surface area contributed by atoms with Gasteiger partial charge in [-0.25, -0.2) is 9.78 Å². The van der Waals surface area contributed by atoms with Gasteiger partial charge < -0.3 is 14.4 Å². The van der Waals surface area contributed by atoms with E-state index in [1.54, 1.807) is 18.3 Å². The first kappa shape index (κ1) is 23.8. The Morgan fingerprint density at radius 1 is 1.06 bits per heavy atom. The van der Waals surface area contributed by atoms with Crippen molar-refractivity contribution < 1.29 is 14.3 Å². The lowest BCUT2D eigenvalue weighted by atomic mass is 10.2. The average Bonchev–Trinajstić information content (AvgIpc) is 3.32. The van der Waals surface area contributed by atoms with E-state index in [4.69, 9.17) is 9.47 Å². The van der Waals surface area contributed by atoms with Gasteiger partial charge in [-0.1, -0.05) is 42.5 Å². The SMILES string of the molecule is CC(C)OC(=O)c1cccnc1N(C)[C@H]1CCN(Cc2ccc(OCc3ccccc3)cc2)C1. The number of benzene rings is 2. The molecular formula is C28H33N3O3. The molecule has 178 valence electrons. The lowest BCUT2D eigenvalue weighted by molar-refractivity contribution is 0.0378. The van der Waals surface area contributed by atoms with Crippen LogP contribution in [0.1, 0.15) is 41.8 Å². The number of hydrogen-bond donors (Lipinski definition) is 0. The highest BCUT2D eigenvalue weighted by atomic mass is 16.5. The van der Waals surface area contributed by atoms with Crippen LogP contribution < -0.4 is 9.64 Å². The van der Waals surface area contributed by atoms with Gasteiger partial charge in [-0.05, 0) is 55.7 Å². The highest BCUT2D eigenvalue weighted by Gasteiger charge is 2.29. The number of likely N-dealkylation sites (N-methyl/N-ethyl adjacent to an activating group) is 1. The maximum atomic E-state index is 12.5. The van der Waals surface area contributed by atoms with Gasteiger partial charge in [0.15, 0.2) is 0 Å². The molecule has 6 nitrogen and oxygen atoms in total. The number of anilines is 1. The molecule has 2 heterocycles. The Bertz CT molecular complexity index is 1070. The molecule has 0 bridgehead atoms. The molecule has 1 aliphatic rings. The Labute approximate surface area is 202 Å². The smallest absolute Gasteiger partial charge is 0.342 e. The number of ether oxygens (including phenoxy) is 2. The number of rotatable bonds is 9. The topological polar surface area (TPSA) is 54.9 Å². The van der Waals surface area contributed by atoms with Crippen LogP contribution in [0.25, 0.3) is 0 Å². The molecule has 34 heavy (non-hydrogen) atoms. The Kier molecular flexibility index (Phi) is 7.80. The summed E-state index contributed by atoms with van der Waals surface area (Å²) < 4.78 is 11.3. The maximum absolute atomic E-state index is 12.5. The fourth-order valence-corrected chi connectivity index (χ4v) is 4.25. The third-order valence-corrected chi connectivity index (χ3v) is 6.06. The van der Waals surface area contributed by atoms with Gasteiger partial charge in [0.05, 0.1) is 6.10 Å². The summed E-state index contributed by atoms with van der Waals surface area (Å²) >= 11 is 0. The zero-order valence-electron chi connectivity index (χ0n) is 20.2. The normalized spacial score (nSPS) is 15.9. The molecule has 0 N–H and O–H groups in total. The third-order valence-electron chi connectivity index (χ3n) is 6.06. The predicted octanol–water partition coefficient (Wildman–Crippen LogP) is 4.94. The van der Waals surface area contributed by atoms with E-state index in [2.05, 4.69) is 39.0 Å². The van der Waals surface area contributed by atoms with Crippen molar-refractivity contribution in [2.75, 3.05) is 25.0 Å². The van der Waals surface area contributed by atoms with Crippen LogP contribution in [0.5, 0.6) is 5.75 Å². The predicted molar refractivity (Wildman–Crippen MR) is 134 cm³/mol. The first-order valence-electron chi connectivity index (χ1n) is 11.9. The Hall–Kier alpha value is -3.38. The average molecular weight is 460 g/mol. The molecule has 1 atom stereocenters. The zero-order valence-corrected chi connectivity index (χ0v) is 20.2. The second-order valence-corrected chi connectivity index (χ2v) is 9.04. The Balaban J connectivity index is 1.32. The van der Waals surface area contributed by atoms with Gasteiger partial charge >= 0.3 is 5.97 Å². The maximum Gasteiger partial charge on any atom is 0.342 e. The molecule has 0 saturated carbocycles. The molecule has 1 fully saturated rings. The highest BCUT2D eigenvalue weighted by molar-refractivity contribution is 5.94. The molecule has 6 heteroatoms. The van der Waals surface area contributed by atoms with E-state index < -0.39 is 0 Å². The second kappa shape index (κ2) is 11.2. The number of hydrogen-bond acceptors (Lipinski definition) is 6. The molecule has 3 aromatic rings. The molecule has 0 unspecified atom stereocenters. The monoisotopic (exact) mass is 459 g/mol. The van der Waals surface area contributed by atoms with E-state index >= 15 is 0 Å². The summed E-state index contributed by atoms with van der Waals surface area (Å²) in [6.07, 6.45) is 2.58. The molecule has 1 saturated heterocycles. The van der Waals surface area contributed by atoms with Crippen molar-refractivity contribution in [3.63, 3.8) is 0 Å². The zero-order chi connectivity index (χ0) is 23.9. The minimum absolute atomic E-state index is 0.164. The van der Waals surface area contributed by atoms with Crippen molar-refractivity contribution in [1.29, 1.82) is 0 Å². The molecule has 1 aliphatic heterocycles. The summed E-state index contributed by atoms with van der Waals surface area (Å²) in [6, 6.07) is 22.4. The molecular weight excluding hydrogens is 426 g/mol. The minimum Gasteiger partial charge on any atom is -0.489 e. The summed E-state index contributed by atoms with van der Waals surface area (Å²) in [6.45, 7) is 7.08.